The average molecular weight is 338 g/mol. The van der Waals surface area contributed by atoms with Gasteiger partial charge in [0.1, 0.15) is 9.84 Å². The highest BCUT2D eigenvalue weighted by Gasteiger charge is 2.09. The van der Waals surface area contributed by atoms with E-state index in [1.165, 1.54) is 18.0 Å². The molecule has 7 heteroatoms. The number of rotatable bonds is 9. The summed E-state index contributed by atoms with van der Waals surface area (Å²) in [4.78, 5) is 0.947. The van der Waals surface area contributed by atoms with Gasteiger partial charge in [-0.25, -0.2) is 8.42 Å². The van der Waals surface area contributed by atoms with E-state index in [9.17, 15) is 8.42 Å². The molecule has 0 unspecified atom stereocenters. The minimum Gasteiger partial charge on any atom is -0.383 e. The number of hydrogen-bond acceptors (Lipinski definition) is 5. The zero-order valence-electron chi connectivity index (χ0n) is 11.7. The van der Waals surface area contributed by atoms with Gasteiger partial charge < -0.3 is 10.1 Å². The van der Waals surface area contributed by atoms with Crippen LogP contribution in [0.5, 0.6) is 0 Å². The Morgan fingerprint density at radius 2 is 2.15 bits per heavy atom. The van der Waals surface area contributed by atoms with Gasteiger partial charge >= 0.3 is 0 Å². The third kappa shape index (κ3) is 6.95. The second-order valence-electron chi connectivity index (χ2n) is 4.38. The molecule has 4 nitrogen and oxygen atoms in total. The van der Waals surface area contributed by atoms with Gasteiger partial charge in [0.25, 0.3) is 0 Å². The van der Waals surface area contributed by atoms with Crippen molar-refractivity contribution in [1.82, 2.24) is 5.32 Å². The molecule has 1 N–H and O–H groups in total. The Bertz CT molecular complexity index is 520. The highest BCUT2D eigenvalue weighted by atomic mass is 35.5. The third-order valence-electron chi connectivity index (χ3n) is 2.55. The smallest absolute Gasteiger partial charge is 0.148 e. The lowest BCUT2D eigenvalue weighted by Crippen LogP contribution is -2.19. The first-order chi connectivity index (χ1) is 9.44. The van der Waals surface area contributed by atoms with Gasteiger partial charge in [-0.2, -0.15) is 0 Å². The molecule has 0 bridgehead atoms. The van der Waals surface area contributed by atoms with Crippen LogP contribution in [-0.2, 0) is 21.1 Å². The molecule has 0 heterocycles. The summed E-state index contributed by atoms with van der Waals surface area (Å²) >= 11 is 7.68. The quantitative estimate of drug-likeness (QED) is 0.553. The van der Waals surface area contributed by atoms with Crippen molar-refractivity contribution in [3.8, 4) is 0 Å². The fourth-order valence-electron chi connectivity index (χ4n) is 1.55. The summed E-state index contributed by atoms with van der Waals surface area (Å²) in [5.74, 6) is 0.660. The van der Waals surface area contributed by atoms with E-state index in [0.717, 1.165) is 17.0 Å². The topological polar surface area (TPSA) is 55.4 Å². The first-order valence-electron chi connectivity index (χ1n) is 6.21. The van der Waals surface area contributed by atoms with Gasteiger partial charge in [0.15, 0.2) is 0 Å². The maximum absolute atomic E-state index is 11.2. The van der Waals surface area contributed by atoms with Crippen LogP contribution < -0.4 is 5.32 Å². The lowest BCUT2D eigenvalue weighted by atomic mass is 10.2. The molecule has 0 amide bonds. The molecule has 0 aromatic heterocycles. The Hall–Kier alpha value is -0.270. The summed E-state index contributed by atoms with van der Waals surface area (Å²) in [6.45, 7) is 2.10. The number of thioether (sulfide) groups is 1. The molecule has 0 saturated carbocycles. The molecule has 0 aliphatic carbocycles. The summed E-state index contributed by atoms with van der Waals surface area (Å²) in [6.07, 6.45) is 1.24. The van der Waals surface area contributed by atoms with Crippen molar-refractivity contribution in [3.63, 3.8) is 0 Å². The van der Waals surface area contributed by atoms with Crippen LogP contribution in [-0.4, -0.2) is 46.4 Å². The molecule has 114 valence electrons. The van der Waals surface area contributed by atoms with E-state index in [-0.39, 0.29) is 5.75 Å². The van der Waals surface area contributed by atoms with Gasteiger partial charge in [-0.15, -0.1) is 11.8 Å². The van der Waals surface area contributed by atoms with Crippen LogP contribution in [0.15, 0.2) is 23.1 Å². The molecule has 0 aliphatic rings. The maximum atomic E-state index is 11.2. The number of methoxy groups -OCH3 is 1. The standard InChI is InChI=1S/C13H20ClNO3S2/c1-18-7-6-15-10-11-4-3-5-12(14)13(11)19-8-9-20(2,16)17/h3-5,15H,6-10H2,1-2H3. The molecular weight excluding hydrogens is 318 g/mol. The van der Waals surface area contributed by atoms with Gasteiger partial charge in [0.05, 0.1) is 17.4 Å². The predicted molar refractivity (Wildman–Crippen MR) is 85.5 cm³/mol. The zero-order valence-corrected chi connectivity index (χ0v) is 14.1. The van der Waals surface area contributed by atoms with Crippen molar-refractivity contribution < 1.29 is 13.2 Å². The highest BCUT2D eigenvalue weighted by Crippen LogP contribution is 2.30. The summed E-state index contributed by atoms with van der Waals surface area (Å²) in [6, 6.07) is 5.72. The lowest BCUT2D eigenvalue weighted by molar-refractivity contribution is 0.199. The molecule has 0 radical (unpaired) electrons. The van der Waals surface area contributed by atoms with Gasteiger partial charge in [-0.05, 0) is 11.6 Å². The van der Waals surface area contributed by atoms with Crippen molar-refractivity contribution in [2.45, 2.75) is 11.4 Å². The number of nitrogens with one attached hydrogen (secondary N) is 1. The van der Waals surface area contributed by atoms with Crippen molar-refractivity contribution in [2.75, 3.05) is 38.0 Å². The molecule has 20 heavy (non-hydrogen) atoms. The molecule has 0 spiro atoms. The fraction of sp³-hybridized carbons (Fsp3) is 0.538. The summed E-state index contributed by atoms with van der Waals surface area (Å²) in [5.41, 5.74) is 1.08. The zero-order chi connectivity index (χ0) is 15.0. The van der Waals surface area contributed by atoms with Crippen LogP contribution in [0, 0.1) is 0 Å². The van der Waals surface area contributed by atoms with Crippen LogP contribution in [0.3, 0.4) is 0 Å². The molecule has 1 aromatic rings. The predicted octanol–water partition coefficient (Wildman–Crippen LogP) is 2.21. The summed E-state index contributed by atoms with van der Waals surface area (Å²) in [5, 5.41) is 3.92. The molecule has 0 fully saturated rings. The van der Waals surface area contributed by atoms with Crippen LogP contribution in [0.25, 0.3) is 0 Å². The third-order valence-corrected chi connectivity index (χ3v) is 5.36. The van der Waals surface area contributed by atoms with E-state index < -0.39 is 9.84 Å². The van der Waals surface area contributed by atoms with E-state index in [1.807, 2.05) is 18.2 Å². The maximum Gasteiger partial charge on any atom is 0.148 e. The van der Waals surface area contributed by atoms with Gasteiger partial charge in [0.2, 0.25) is 0 Å². The minimum atomic E-state index is -2.94. The number of hydrogen-bond donors (Lipinski definition) is 1. The Labute approximate surface area is 130 Å². The van der Waals surface area contributed by atoms with Crippen LogP contribution >= 0.6 is 23.4 Å². The van der Waals surface area contributed by atoms with Gasteiger partial charge in [-0.1, -0.05) is 23.7 Å². The number of benzene rings is 1. The Morgan fingerprint density at radius 1 is 1.40 bits per heavy atom. The Morgan fingerprint density at radius 3 is 2.80 bits per heavy atom. The fourth-order valence-corrected chi connectivity index (χ4v) is 4.18. The van der Waals surface area contributed by atoms with E-state index >= 15 is 0 Å². The minimum absolute atomic E-state index is 0.152. The van der Waals surface area contributed by atoms with Crippen LogP contribution in [0.4, 0.5) is 0 Å². The normalized spacial score (nSPS) is 11.8. The molecule has 0 aliphatic heterocycles. The first-order valence-corrected chi connectivity index (χ1v) is 9.64. The van der Waals surface area contributed by atoms with Crippen LogP contribution in [0.2, 0.25) is 5.02 Å². The van der Waals surface area contributed by atoms with E-state index in [2.05, 4.69) is 5.32 Å². The monoisotopic (exact) mass is 337 g/mol. The average Bonchev–Trinajstić information content (AvgIpc) is 2.36. The van der Waals surface area contributed by atoms with E-state index in [0.29, 0.717) is 23.9 Å². The molecule has 0 saturated heterocycles. The van der Waals surface area contributed by atoms with Crippen molar-refractivity contribution in [3.05, 3.63) is 28.8 Å². The van der Waals surface area contributed by atoms with E-state index in [1.54, 1.807) is 7.11 Å². The molecule has 0 atom stereocenters. The molecule has 1 aromatic carbocycles. The van der Waals surface area contributed by atoms with Crippen molar-refractivity contribution >= 4 is 33.2 Å². The van der Waals surface area contributed by atoms with Crippen molar-refractivity contribution in [2.24, 2.45) is 0 Å². The van der Waals surface area contributed by atoms with Gasteiger partial charge in [-0.3, -0.25) is 0 Å². The SMILES string of the molecule is COCCNCc1cccc(Cl)c1SCCS(C)(=O)=O. The number of halogens is 1. The number of ether oxygens (including phenoxy) is 1. The Balaban J connectivity index is 2.63. The summed E-state index contributed by atoms with van der Waals surface area (Å²) in [7, 11) is -1.28. The lowest BCUT2D eigenvalue weighted by Gasteiger charge is -2.11. The molecular formula is C13H20ClNO3S2. The largest absolute Gasteiger partial charge is 0.383 e. The van der Waals surface area contributed by atoms with Gasteiger partial charge in [0, 0.05) is 37.1 Å². The van der Waals surface area contributed by atoms with Crippen LogP contribution in [0.1, 0.15) is 5.56 Å². The summed E-state index contributed by atoms with van der Waals surface area (Å²) < 4.78 is 27.3. The first kappa shape index (κ1) is 17.8. The van der Waals surface area contributed by atoms with Crippen molar-refractivity contribution in [1.29, 1.82) is 0 Å². The van der Waals surface area contributed by atoms with E-state index in [4.69, 9.17) is 16.3 Å². The number of sulfone groups is 1. The highest BCUT2D eigenvalue weighted by molar-refractivity contribution is 8.00. The second-order valence-corrected chi connectivity index (χ2v) is 8.15. The second kappa shape index (κ2) is 8.89. The Kier molecular flexibility index (Phi) is 7.91. The molecule has 1 rings (SSSR count).